The van der Waals surface area contributed by atoms with Crippen LogP contribution < -0.4 is 0 Å². The van der Waals surface area contributed by atoms with Crippen molar-refractivity contribution in [2.45, 2.75) is 0 Å². The van der Waals surface area contributed by atoms with Crippen LogP contribution in [0.25, 0.3) is 0 Å². The first kappa shape index (κ1) is 12.2. The second-order valence-corrected chi connectivity index (χ2v) is 12.0. The third-order valence-corrected chi connectivity index (χ3v) is 13.4. The van der Waals surface area contributed by atoms with E-state index >= 15 is 0 Å². The quantitative estimate of drug-likeness (QED) is 0.754. The predicted molar refractivity (Wildman–Crippen MR) is 77.0 cm³/mol. The monoisotopic (exact) mass is 277 g/mol. The second-order valence-electron chi connectivity index (χ2n) is 2.51. The molecule has 1 saturated heterocycles. The van der Waals surface area contributed by atoms with E-state index in [-0.39, 0.29) is 0 Å². The van der Waals surface area contributed by atoms with Crippen molar-refractivity contribution in [3.05, 3.63) is 3.91 Å². The number of thioether (sulfide) groups is 3. The van der Waals surface area contributed by atoms with Crippen molar-refractivity contribution >= 4 is 70.6 Å². The lowest BCUT2D eigenvalue weighted by molar-refractivity contribution is 1.93. The Morgan fingerprint density at radius 2 is 1.75 bits per heavy atom. The topological polar surface area (TPSA) is 0 Å². The summed E-state index contributed by atoms with van der Waals surface area (Å²) in [5.74, 6) is 0. The van der Waals surface area contributed by atoms with Crippen molar-refractivity contribution in [1.29, 1.82) is 0 Å². The molecular formula is C6H13S6. The standard InChI is InChI=1S/C6H13S6/c1-12(2-7,3-8)6-10-4-9-5-11-6/h7-8H,2-5H2,1H3. The molecule has 1 fully saturated rings. The molecule has 0 aromatic rings. The fourth-order valence-electron chi connectivity index (χ4n) is 0.686. The minimum absolute atomic E-state index is 0.659. The average molecular weight is 278 g/mol. The Bertz CT molecular complexity index is 128. The highest BCUT2D eigenvalue weighted by Gasteiger charge is 2.30. The molecule has 1 aliphatic rings. The van der Waals surface area contributed by atoms with E-state index in [0.29, 0.717) is 0 Å². The van der Waals surface area contributed by atoms with Gasteiger partial charge < -0.3 is 0 Å². The molecule has 0 N–H and O–H groups in total. The zero-order valence-electron chi connectivity index (χ0n) is 6.86. The van der Waals surface area contributed by atoms with Crippen LogP contribution in [0.15, 0.2) is 0 Å². The number of hydrogen-bond donors (Lipinski definition) is 2. The van der Waals surface area contributed by atoms with E-state index in [1.165, 1.54) is 10.2 Å². The smallest absolute Gasteiger partial charge is 0.126 e. The third kappa shape index (κ3) is 3.05. The summed E-state index contributed by atoms with van der Waals surface area (Å²) < 4.78 is 1.60. The summed E-state index contributed by atoms with van der Waals surface area (Å²) in [6, 6.07) is 0. The molecule has 12 heavy (non-hydrogen) atoms. The van der Waals surface area contributed by atoms with Crippen LogP contribution in [0, 0.1) is 3.91 Å². The lowest BCUT2D eigenvalue weighted by atomic mass is 11.7. The van der Waals surface area contributed by atoms with Crippen molar-refractivity contribution in [2.24, 2.45) is 0 Å². The molecule has 6 heteroatoms. The number of rotatable bonds is 3. The van der Waals surface area contributed by atoms with Crippen molar-refractivity contribution < 1.29 is 0 Å². The molecule has 0 aromatic carbocycles. The molecule has 0 spiro atoms. The Balaban J connectivity index is 2.51. The van der Waals surface area contributed by atoms with Gasteiger partial charge in [-0.1, -0.05) is 0 Å². The first-order valence-corrected chi connectivity index (χ1v) is 10.2. The highest BCUT2D eigenvalue weighted by molar-refractivity contribution is 8.58. The predicted octanol–water partition coefficient (Wildman–Crippen LogP) is 3.77. The molecule has 1 heterocycles. The molecule has 1 radical (unpaired) electrons. The van der Waals surface area contributed by atoms with Gasteiger partial charge in [-0.25, -0.2) is 0 Å². The molecule has 0 unspecified atom stereocenters. The van der Waals surface area contributed by atoms with Gasteiger partial charge in [-0.05, 0) is 6.26 Å². The molecule has 0 saturated carbocycles. The average Bonchev–Trinajstić information content (AvgIpc) is 2.18. The zero-order valence-corrected chi connectivity index (χ0v) is 11.9. The molecular weight excluding hydrogens is 264 g/mol. The van der Waals surface area contributed by atoms with E-state index in [2.05, 4.69) is 31.5 Å². The highest BCUT2D eigenvalue weighted by Crippen LogP contribution is 2.67. The lowest BCUT2D eigenvalue weighted by Gasteiger charge is -2.40. The van der Waals surface area contributed by atoms with Gasteiger partial charge in [-0.3, -0.25) is 0 Å². The van der Waals surface area contributed by atoms with Gasteiger partial charge in [0.05, 0.1) is 0 Å². The first-order valence-electron chi connectivity index (χ1n) is 3.39. The van der Waals surface area contributed by atoms with Crippen LogP contribution in [0.4, 0.5) is 0 Å². The fraction of sp³-hybridized carbons (Fsp3) is 0.833. The fourth-order valence-corrected chi connectivity index (χ4v) is 11.2. The summed E-state index contributed by atoms with van der Waals surface area (Å²) in [5.41, 5.74) is 0. The molecule has 1 aliphatic heterocycles. The van der Waals surface area contributed by atoms with Crippen molar-refractivity contribution in [3.8, 4) is 0 Å². The molecule has 0 aliphatic carbocycles. The molecule has 0 amide bonds. The van der Waals surface area contributed by atoms with Crippen molar-refractivity contribution in [1.82, 2.24) is 0 Å². The molecule has 0 nitrogen and oxygen atoms in total. The van der Waals surface area contributed by atoms with Crippen LogP contribution >= 0.6 is 70.6 Å². The van der Waals surface area contributed by atoms with E-state index in [1.54, 1.807) is 3.91 Å². The van der Waals surface area contributed by atoms with E-state index in [9.17, 15) is 0 Å². The highest BCUT2D eigenvalue weighted by atomic mass is 32.3. The second kappa shape index (κ2) is 5.85. The maximum absolute atomic E-state index is 4.43. The summed E-state index contributed by atoms with van der Waals surface area (Å²) >= 11 is 14.9. The Hall–Kier alpha value is 2.10. The molecule has 0 atom stereocenters. The van der Waals surface area contributed by atoms with Crippen LogP contribution in [0.2, 0.25) is 0 Å². The molecule has 0 bridgehead atoms. The van der Waals surface area contributed by atoms with Crippen molar-refractivity contribution in [3.63, 3.8) is 0 Å². The maximum Gasteiger partial charge on any atom is 0.126 e. The van der Waals surface area contributed by atoms with Gasteiger partial charge in [0.25, 0.3) is 0 Å². The molecule has 73 valence electrons. The van der Waals surface area contributed by atoms with Gasteiger partial charge in [0, 0.05) is 20.3 Å². The van der Waals surface area contributed by atoms with Crippen LogP contribution in [0.3, 0.4) is 0 Å². The van der Waals surface area contributed by atoms with E-state index in [0.717, 1.165) is 10.2 Å². The lowest BCUT2D eigenvalue weighted by Crippen LogP contribution is -2.09. The van der Waals surface area contributed by atoms with Gasteiger partial charge in [0.15, 0.2) is 0 Å². The maximum atomic E-state index is 4.43. The third-order valence-electron chi connectivity index (χ3n) is 1.49. The van der Waals surface area contributed by atoms with E-state index < -0.39 is 10.0 Å². The van der Waals surface area contributed by atoms with Crippen LogP contribution in [0.5, 0.6) is 0 Å². The van der Waals surface area contributed by atoms with E-state index in [1.807, 2.05) is 35.3 Å². The number of hydrogen-bond acceptors (Lipinski definition) is 5. The van der Waals surface area contributed by atoms with Gasteiger partial charge in [0.2, 0.25) is 0 Å². The Morgan fingerprint density at radius 1 is 1.25 bits per heavy atom. The van der Waals surface area contributed by atoms with Gasteiger partial charge >= 0.3 is 0 Å². The van der Waals surface area contributed by atoms with Crippen LogP contribution in [-0.4, -0.2) is 26.6 Å². The Morgan fingerprint density at radius 3 is 2.17 bits per heavy atom. The summed E-state index contributed by atoms with van der Waals surface area (Å²) in [6.45, 7) is 0. The van der Waals surface area contributed by atoms with Gasteiger partial charge in [-0.2, -0.15) is 35.3 Å². The summed E-state index contributed by atoms with van der Waals surface area (Å²) in [5, 5.41) is 4.39. The zero-order chi connectivity index (χ0) is 9.03. The summed E-state index contributed by atoms with van der Waals surface area (Å²) in [7, 11) is -0.659. The van der Waals surface area contributed by atoms with Crippen molar-refractivity contribution in [2.75, 3.05) is 26.6 Å². The van der Waals surface area contributed by atoms with Gasteiger partial charge in [-0.15, -0.1) is 35.3 Å². The Labute approximate surface area is 100 Å². The van der Waals surface area contributed by atoms with E-state index in [4.69, 9.17) is 0 Å². The summed E-state index contributed by atoms with van der Waals surface area (Å²) in [6.07, 6.45) is 2.33. The minimum atomic E-state index is -0.659. The van der Waals surface area contributed by atoms with Gasteiger partial charge in [0.1, 0.15) is 3.91 Å². The normalized spacial score (nSPS) is 22.6. The molecule has 0 aromatic heterocycles. The van der Waals surface area contributed by atoms with Crippen LogP contribution in [0.1, 0.15) is 0 Å². The SMILES string of the molecule is CS(CS)(CS)[C]1SCSCS1. The van der Waals surface area contributed by atoms with Crippen LogP contribution in [-0.2, 0) is 0 Å². The number of thiol groups is 2. The summed E-state index contributed by atoms with van der Waals surface area (Å²) in [4.78, 5) is 0. The Kier molecular flexibility index (Phi) is 5.94. The minimum Gasteiger partial charge on any atom is -0.200 e. The largest absolute Gasteiger partial charge is 0.200 e. The molecule has 1 rings (SSSR count). The first-order chi connectivity index (χ1) is 5.73.